The third kappa shape index (κ3) is 4.75. The van der Waals surface area contributed by atoms with Gasteiger partial charge in [-0.15, -0.1) is 0 Å². The molecule has 118 valence electrons. The van der Waals surface area contributed by atoms with Crippen LogP contribution in [0.1, 0.15) is 26.3 Å². The Morgan fingerprint density at radius 2 is 1.90 bits per heavy atom. The summed E-state index contributed by atoms with van der Waals surface area (Å²) in [6.07, 6.45) is -1.39. The van der Waals surface area contributed by atoms with Gasteiger partial charge in [0.15, 0.2) is 0 Å². The van der Waals surface area contributed by atoms with Gasteiger partial charge in [-0.1, -0.05) is 51.1 Å². The van der Waals surface area contributed by atoms with Crippen molar-refractivity contribution in [3.05, 3.63) is 35.9 Å². The molecule has 1 heterocycles. The fourth-order valence-electron chi connectivity index (χ4n) is 3.15. The number of nitrogens with one attached hydrogen (secondary N) is 1. The number of halogens is 2. The Hall–Kier alpha value is -1.00. The van der Waals surface area contributed by atoms with Crippen LogP contribution in [0.15, 0.2) is 30.3 Å². The van der Waals surface area contributed by atoms with Gasteiger partial charge in [-0.25, -0.2) is 8.78 Å². The molecule has 1 aromatic carbocycles. The Bertz CT molecular complexity index is 428. The lowest BCUT2D eigenvalue weighted by atomic mass is 9.83. The number of hydrogen-bond acceptors (Lipinski definition) is 2. The normalized spacial score (nSPS) is 24.5. The average molecular weight is 296 g/mol. The van der Waals surface area contributed by atoms with Crippen LogP contribution in [-0.2, 0) is 6.42 Å². The molecule has 1 aliphatic rings. The Labute approximate surface area is 126 Å². The van der Waals surface area contributed by atoms with Gasteiger partial charge >= 0.3 is 0 Å². The molecular weight excluding hydrogens is 270 g/mol. The van der Waals surface area contributed by atoms with Crippen LogP contribution < -0.4 is 5.32 Å². The zero-order valence-electron chi connectivity index (χ0n) is 13.2. The summed E-state index contributed by atoms with van der Waals surface area (Å²) in [6.45, 7) is 7.68. The molecule has 21 heavy (non-hydrogen) atoms. The van der Waals surface area contributed by atoms with E-state index < -0.39 is 6.43 Å². The molecular formula is C17H26F2N2. The summed E-state index contributed by atoms with van der Waals surface area (Å²) < 4.78 is 25.7. The van der Waals surface area contributed by atoms with E-state index in [9.17, 15) is 8.78 Å². The van der Waals surface area contributed by atoms with Crippen LogP contribution in [0.2, 0.25) is 0 Å². The van der Waals surface area contributed by atoms with Gasteiger partial charge < -0.3 is 5.32 Å². The topological polar surface area (TPSA) is 15.3 Å². The van der Waals surface area contributed by atoms with Crippen molar-refractivity contribution in [2.45, 2.75) is 45.7 Å². The van der Waals surface area contributed by atoms with E-state index in [1.807, 2.05) is 23.1 Å². The maximum atomic E-state index is 12.9. The largest absolute Gasteiger partial charge is 0.311 e. The molecule has 0 bridgehead atoms. The molecule has 1 aliphatic heterocycles. The third-order valence-corrected chi connectivity index (χ3v) is 4.19. The summed E-state index contributed by atoms with van der Waals surface area (Å²) in [5.41, 5.74) is 1.25. The van der Waals surface area contributed by atoms with E-state index in [2.05, 4.69) is 38.2 Å². The fraction of sp³-hybridized carbons (Fsp3) is 0.647. The minimum atomic E-state index is -2.27. The minimum Gasteiger partial charge on any atom is -0.311 e. The summed E-state index contributed by atoms with van der Waals surface area (Å²) in [4.78, 5) is 1.97. The van der Waals surface area contributed by atoms with Gasteiger partial charge in [0.1, 0.15) is 0 Å². The zero-order valence-corrected chi connectivity index (χ0v) is 13.2. The number of piperazine rings is 1. The van der Waals surface area contributed by atoms with E-state index in [0.29, 0.717) is 6.54 Å². The molecule has 1 saturated heterocycles. The van der Waals surface area contributed by atoms with Crippen LogP contribution in [0.3, 0.4) is 0 Å². The zero-order chi connectivity index (χ0) is 15.5. The van der Waals surface area contributed by atoms with Gasteiger partial charge in [0.25, 0.3) is 6.43 Å². The van der Waals surface area contributed by atoms with E-state index >= 15 is 0 Å². The minimum absolute atomic E-state index is 0.000390. The van der Waals surface area contributed by atoms with Gasteiger partial charge in [-0.2, -0.15) is 0 Å². The molecule has 2 atom stereocenters. The van der Waals surface area contributed by atoms with Gasteiger partial charge in [0, 0.05) is 25.2 Å². The van der Waals surface area contributed by atoms with Crippen LogP contribution in [-0.4, -0.2) is 43.0 Å². The summed E-state index contributed by atoms with van der Waals surface area (Å²) in [5.74, 6) is 0. The van der Waals surface area contributed by atoms with Crippen molar-refractivity contribution >= 4 is 0 Å². The van der Waals surface area contributed by atoms with Gasteiger partial charge in [0.2, 0.25) is 0 Å². The SMILES string of the molecule is CC(C)(C)C1CNC(Cc2ccccc2)CN1CC(F)F. The van der Waals surface area contributed by atoms with Crippen LogP contribution >= 0.6 is 0 Å². The van der Waals surface area contributed by atoms with Crippen molar-refractivity contribution < 1.29 is 8.78 Å². The Morgan fingerprint density at radius 3 is 2.48 bits per heavy atom. The first-order valence-electron chi connectivity index (χ1n) is 7.66. The first kappa shape index (κ1) is 16.4. The van der Waals surface area contributed by atoms with E-state index in [1.54, 1.807) is 0 Å². The highest BCUT2D eigenvalue weighted by atomic mass is 19.3. The lowest BCUT2D eigenvalue weighted by Gasteiger charge is -2.46. The maximum Gasteiger partial charge on any atom is 0.251 e. The van der Waals surface area contributed by atoms with Gasteiger partial charge in [0.05, 0.1) is 6.54 Å². The number of benzene rings is 1. The van der Waals surface area contributed by atoms with Crippen LogP contribution in [0.5, 0.6) is 0 Å². The fourth-order valence-corrected chi connectivity index (χ4v) is 3.15. The molecule has 1 fully saturated rings. The molecule has 2 nitrogen and oxygen atoms in total. The van der Waals surface area contributed by atoms with Gasteiger partial charge in [-0.3, -0.25) is 4.90 Å². The maximum absolute atomic E-state index is 12.9. The highest BCUT2D eigenvalue weighted by Gasteiger charge is 2.36. The predicted octanol–water partition coefficient (Wildman–Crippen LogP) is 3.18. The molecule has 2 unspecified atom stereocenters. The molecule has 2 rings (SSSR count). The Morgan fingerprint density at radius 1 is 1.24 bits per heavy atom. The molecule has 4 heteroatoms. The van der Waals surface area contributed by atoms with Crippen molar-refractivity contribution in [2.75, 3.05) is 19.6 Å². The Kier molecular flexibility index (Phi) is 5.33. The van der Waals surface area contributed by atoms with Crippen molar-refractivity contribution in [1.29, 1.82) is 0 Å². The van der Waals surface area contributed by atoms with Crippen molar-refractivity contribution in [2.24, 2.45) is 5.41 Å². The first-order chi connectivity index (χ1) is 9.86. The van der Waals surface area contributed by atoms with E-state index in [0.717, 1.165) is 13.0 Å². The van der Waals surface area contributed by atoms with E-state index in [4.69, 9.17) is 0 Å². The molecule has 0 spiro atoms. The van der Waals surface area contributed by atoms with E-state index in [-0.39, 0.29) is 24.0 Å². The summed E-state index contributed by atoms with van der Waals surface area (Å²) in [7, 11) is 0. The van der Waals surface area contributed by atoms with Crippen LogP contribution in [0.25, 0.3) is 0 Å². The highest BCUT2D eigenvalue weighted by molar-refractivity contribution is 5.16. The molecule has 1 N–H and O–H groups in total. The van der Waals surface area contributed by atoms with Crippen LogP contribution in [0, 0.1) is 5.41 Å². The molecule has 0 amide bonds. The predicted molar refractivity (Wildman–Crippen MR) is 82.8 cm³/mol. The van der Waals surface area contributed by atoms with Crippen molar-refractivity contribution in [1.82, 2.24) is 10.2 Å². The molecule has 1 aromatic rings. The molecule has 0 saturated carbocycles. The Balaban J connectivity index is 2.02. The number of hydrogen-bond donors (Lipinski definition) is 1. The lowest BCUT2D eigenvalue weighted by molar-refractivity contribution is 0.00560. The van der Waals surface area contributed by atoms with Crippen molar-refractivity contribution in [3.63, 3.8) is 0 Å². The number of alkyl halides is 2. The molecule has 0 aliphatic carbocycles. The number of rotatable bonds is 4. The second-order valence-corrected chi connectivity index (χ2v) is 7.02. The quantitative estimate of drug-likeness (QED) is 0.918. The second-order valence-electron chi connectivity index (χ2n) is 7.02. The smallest absolute Gasteiger partial charge is 0.251 e. The van der Waals surface area contributed by atoms with Gasteiger partial charge in [-0.05, 0) is 17.4 Å². The average Bonchev–Trinajstić information content (AvgIpc) is 2.38. The monoisotopic (exact) mass is 296 g/mol. The van der Waals surface area contributed by atoms with E-state index in [1.165, 1.54) is 5.56 Å². The number of nitrogens with zero attached hydrogens (tertiary/aromatic N) is 1. The summed E-state index contributed by atoms with van der Waals surface area (Å²) in [6, 6.07) is 10.6. The lowest BCUT2D eigenvalue weighted by Crippen LogP contribution is -2.61. The van der Waals surface area contributed by atoms with Crippen molar-refractivity contribution in [3.8, 4) is 0 Å². The van der Waals surface area contributed by atoms with Crippen LogP contribution in [0.4, 0.5) is 8.78 Å². The third-order valence-electron chi connectivity index (χ3n) is 4.19. The molecule has 0 radical (unpaired) electrons. The highest BCUT2D eigenvalue weighted by Crippen LogP contribution is 2.27. The second kappa shape index (κ2) is 6.84. The standard InChI is InChI=1S/C17H26F2N2/c1-17(2,3)15-10-20-14(11-21(15)12-16(18)19)9-13-7-5-4-6-8-13/h4-8,14-16,20H,9-12H2,1-3H3. The summed E-state index contributed by atoms with van der Waals surface area (Å²) in [5, 5.41) is 3.54. The summed E-state index contributed by atoms with van der Waals surface area (Å²) >= 11 is 0. The molecule has 0 aromatic heterocycles. The first-order valence-corrected chi connectivity index (χ1v) is 7.66.